The number of carboxylic acid groups (broad SMARTS) is 1. The fraction of sp³-hybridized carbons (Fsp3) is 0.423. The summed E-state index contributed by atoms with van der Waals surface area (Å²) in [5.74, 6) is -1.71. The molecule has 2 N–H and O–H groups in total. The number of hydrogen-bond acceptors (Lipinski definition) is 5. The third-order valence-corrected chi connectivity index (χ3v) is 6.09. The molecule has 2 aromatic rings. The van der Waals surface area contributed by atoms with Crippen LogP contribution in [0.4, 0.5) is 0 Å². The predicted octanol–water partition coefficient (Wildman–Crippen LogP) is 2.78. The monoisotopic (exact) mass is 452 g/mol. The second-order valence-electron chi connectivity index (χ2n) is 8.41. The second kappa shape index (κ2) is 11.7. The fourth-order valence-corrected chi connectivity index (χ4v) is 4.47. The zero-order chi connectivity index (χ0) is 23.8. The first kappa shape index (κ1) is 24.6. The van der Waals surface area contributed by atoms with Gasteiger partial charge in [-0.05, 0) is 43.4 Å². The van der Waals surface area contributed by atoms with E-state index in [0.717, 1.165) is 23.0 Å². The summed E-state index contributed by atoms with van der Waals surface area (Å²) in [5, 5.41) is 12.6. The molecule has 3 rings (SSSR count). The fourth-order valence-electron chi connectivity index (χ4n) is 4.47. The summed E-state index contributed by atoms with van der Waals surface area (Å²) in [6.45, 7) is 3.62. The Morgan fingerprint density at radius 2 is 1.73 bits per heavy atom. The molecule has 7 heteroatoms. The van der Waals surface area contributed by atoms with Crippen molar-refractivity contribution >= 4 is 18.2 Å². The Morgan fingerprint density at radius 1 is 1.12 bits per heavy atom. The number of carboxylic acids is 1. The quantitative estimate of drug-likeness (QED) is 0.380. The number of aldehydes is 1. The number of aliphatic carboxylic acids is 1. The number of nitrogens with zero attached hydrogens (tertiary/aromatic N) is 1. The zero-order valence-corrected chi connectivity index (χ0v) is 19.1. The Balaban J connectivity index is 1.70. The van der Waals surface area contributed by atoms with Gasteiger partial charge in [-0.1, -0.05) is 54.6 Å². The topological polar surface area (TPSA) is 95.9 Å². The predicted molar refractivity (Wildman–Crippen MR) is 125 cm³/mol. The summed E-state index contributed by atoms with van der Waals surface area (Å²) >= 11 is 0. The standard InChI is InChI=1S/C26H32N2O5/c1-3-33-24(15-22(17-29)19-9-5-4-6-10-19)27-18(2)26(32)28(16-25(30)31)23-13-20-11-7-8-12-21(20)14-23/h4-12,17-18,22-24,27H,3,13-16H2,1-2H3,(H,30,31)/t18-,22?,24?/m0/s1. The Bertz CT molecular complexity index is 924. The average molecular weight is 453 g/mol. The van der Waals surface area contributed by atoms with Gasteiger partial charge in [-0.25, -0.2) is 0 Å². The van der Waals surface area contributed by atoms with E-state index in [0.29, 0.717) is 25.9 Å². The first-order valence-corrected chi connectivity index (χ1v) is 11.4. The minimum absolute atomic E-state index is 0.201. The highest BCUT2D eigenvalue weighted by molar-refractivity contribution is 5.85. The lowest BCUT2D eigenvalue weighted by Crippen LogP contribution is -2.54. The van der Waals surface area contributed by atoms with E-state index in [4.69, 9.17) is 4.74 Å². The third kappa shape index (κ3) is 6.49. The molecule has 3 atom stereocenters. The summed E-state index contributed by atoms with van der Waals surface area (Å²) in [6, 6.07) is 16.5. The van der Waals surface area contributed by atoms with Crippen LogP contribution in [0.1, 0.15) is 42.9 Å². The summed E-state index contributed by atoms with van der Waals surface area (Å²) in [5.41, 5.74) is 3.18. The van der Waals surface area contributed by atoms with Crippen molar-refractivity contribution in [1.82, 2.24) is 10.2 Å². The molecule has 0 spiro atoms. The van der Waals surface area contributed by atoms with Gasteiger partial charge in [-0.2, -0.15) is 0 Å². The molecule has 2 aromatic carbocycles. The SMILES string of the molecule is CCOC(CC(C=O)c1ccccc1)N[C@@H](C)C(=O)N(CC(=O)O)C1Cc2ccccc2C1. The van der Waals surface area contributed by atoms with Gasteiger partial charge < -0.3 is 19.5 Å². The number of benzene rings is 2. The van der Waals surface area contributed by atoms with E-state index in [2.05, 4.69) is 5.32 Å². The van der Waals surface area contributed by atoms with Crippen LogP contribution in [0.15, 0.2) is 54.6 Å². The van der Waals surface area contributed by atoms with Crippen LogP contribution in [0.5, 0.6) is 0 Å². The number of carbonyl (C=O) groups is 3. The van der Waals surface area contributed by atoms with Crippen molar-refractivity contribution in [2.45, 2.75) is 57.3 Å². The Labute approximate surface area is 194 Å². The third-order valence-electron chi connectivity index (χ3n) is 6.09. The maximum Gasteiger partial charge on any atom is 0.323 e. The molecule has 176 valence electrons. The van der Waals surface area contributed by atoms with Crippen LogP contribution < -0.4 is 5.32 Å². The highest BCUT2D eigenvalue weighted by Crippen LogP contribution is 2.26. The molecular weight excluding hydrogens is 420 g/mol. The van der Waals surface area contributed by atoms with Crippen molar-refractivity contribution in [2.75, 3.05) is 13.2 Å². The molecule has 2 unspecified atom stereocenters. The highest BCUT2D eigenvalue weighted by atomic mass is 16.5. The van der Waals surface area contributed by atoms with E-state index < -0.39 is 18.2 Å². The number of ether oxygens (including phenoxy) is 1. The van der Waals surface area contributed by atoms with Gasteiger partial charge in [0.1, 0.15) is 19.1 Å². The lowest BCUT2D eigenvalue weighted by Gasteiger charge is -2.32. The van der Waals surface area contributed by atoms with Gasteiger partial charge in [0.15, 0.2) is 0 Å². The van der Waals surface area contributed by atoms with Crippen LogP contribution in [0.2, 0.25) is 0 Å². The van der Waals surface area contributed by atoms with E-state index >= 15 is 0 Å². The first-order valence-electron chi connectivity index (χ1n) is 11.4. The van der Waals surface area contributed by atoms with Gasteiger partial charge in [-0.3, -0.25) is 14.9 Å². The van der Waals surface area contributed by atoms with E-state index in [1.165, 1.54) is 4.90 Å². The summed E-state index contributed by atoms with van der Waals surface area (Å²) in [7, 11) is 0. The second-order valence-corrected chi connectivity index (χ2v) is 8.41. The molecule has 1 amide bonds. The summed E-state index contributed by atoms with van der Waals surface area (Å²) in [6.07, 6.45) is 2.00. The van der Waals surface area contributed by atoms with E-state index in [1.807, 2.05) is 61.5 Å². The molecule has 7 nitrogen and oxygen atoms in total. The molecule has 33 heavy (non-hydrogen) atoms. The molecule has 0 fully saturated rings. The van der Waals surface area contributed by atoms with E-state index in [-0.39, 0.29) is 24.4 Å². The lowest BCUT2D eigenvalue weighted by atomic mass is 9.96. The lowest BCUT2D eigenvalue weighted by molar-refractivity contribution is -0.147. The van der Waals surface area contributed by atoms with Crippen molar-refractivity contribution < 1.29 is 24.2 Å². The smallest absolute Gasteiger partial charge is 0.323 e. The summed E-state index contributed by atoms with van der Waals surface area (Å²) in [4.78, 5) is 38.1. The van der Waals surface area contributed by atoms with Gasteiger partial charge in [0.2, 0.25) is 5.91 Å². The molecule has 1 aliphatic carbocycles. The molecule has 0 bridgehead atoms. The maximum absolute atomic E-state index is 13.4. The maximum atomic E-state index is 13.4. The van der Waals surface area contributed by atoms with Crippen molar-refractivity contribution in [1.29, 1.82) is 0 Å². The molecule has 0 saturated carbocycles. The van der Waals surface area contributed by atoms with Gasteiger partial charge in [-0.15, -0.1) is 0 Å². The Hall–Kier alpha value is -3.03. The molecule has 1 aliphatic rings. The minimum atomic E-state index is -1.04. The molecule has 0 radical (unpaired) electrons. The number of amides is 1. The molecule has 0 saturated heterocycles. The zero-order valence-electron chi connectivity index (χ0n) is 19.1. The first-order chi connectivity index (χ1) is 15.9. The van der Waals surface area contributed by atoms with Crippen LogP contribution in [-0.2, 0) is 32.0 Å². The molecule has 0 heterocycles. The van der Waals surface area contributed by atoms with Gasteiger partial charge in [0, 0.05) is 25.0 Å². The van der Waals surface area contributed by atoms with Crippen molar-refractivity contribution in [2.24, 2.45) is 0 Å². The van der Waals surface area contributed by atoms with E-state index in [1.54, 1.807) is 6.92 Å². The van der Waals surface area contributed by atoms with Crippen LogP contribution in [0.3, 0.4) is 0 Å². The number of carbonyl (C=O) groups excluding carboxylic acids is 2. The minimum Gasteiger partial charge on any atom is -0.480 e. The molecular formula is C26H32N2O5. The Morgan fingerprint density at radius 3 is 2.27 bits per heavy atom. The largest absolute Gasteiger partial charge is 0.480 e. The number of rotatable bonds is 12. The highest BCUT2D eigenvalue weighted by Gasteiger charge is 2.34. The van der Waals surface area contributed by atoms with Gasteiger partial charge in [0.25, 0.3) is 0 Å². The van der Waals surface area contributed by atoms with Crippen LogP contribution in [-0.4, -0.2) is 59.6 Å². The summed E-state index contributed by atoms with van der Waals surface area (Å²) < 4.78 is 5.80. The molecule has 0 aromatic heterocycles. The van der Waals surface area contributed by atoms with E-state index in [9.17, 15) is 19.5 Å². The van der Waals surface area contributed by atoms with Crippen molar-refractivity contribution in [3.8, 4) is 0 Å². The van der Waals surface area contributed by atoms with Crippen LogP contribution >= 0.6 is 0 Å². The van der Waals surface area contributed by atoms with Crippen LogP contribution in [0.25, 0.3) is 0 Å². The number of hydrogen-bond donors (Lipinski definition) is 2. The van der Waals surface area contributed by atoms with Gasteiger partial charge >= 0.3 is 5.97 Å². The number of nitrogens with one attached hydrogen (secondary N) is 1. The normalized spacial score (nSPS) is 15.9. The van der Waals surface area contributed by atoms with Crippen molar-refractivity contribution in [3.05, 3.63) is 71.3 Å². The Kier molecular flexibility index (Phi) is 8.74. The van der Waals surface area contributed by atoms with Crippen molar-refractivity contribution in [3.63, 3.8) is 0 Å². The molecule has 0 aliphatic heterocycles. The van der Waals surface area contributed by atoms with Crippen LogP contribution in [0, 0.1) is 0 Å². The number of fused-ring (bicyclic) bond motifs is 1. The average Bonchev–Trinajstić information content (AvgIpc) is 3.25. The van der Waals surface area contributed by atoms with Gasteiger partial charge in [0.05, 0.1) is 6.04 Å².